The molecule has 0 spiro atoms. The van der Waals surface area contributed by atoms with E-state index in [9.17, 15) is 4.79 Å². The van der Waals surface area contributed by atoms with Crippen molar-refractivity contribution in [2.24, 2.45) is 5.92 Å². The number of carbonyl (C=O) groups excluding carboxylic acids is 1. The van der Waals surface area contributed by atoms with Crippen LogP contribution in [0.2, 0.25) is 0 Å². The van der Waals surface area contributed by atoms with Gasteiger partial charge in [-0.05, 0) is 35.2 Å². The number of aryl methyl sites for hydroxylation is 2. The van der Waals surface area contributed by atoms with Crippen molar-refractivity contribution in [2.45, 2.75) is 53.5 Å². The predicted octanol–water partition coefficient (Wildman–Crippen LogP) is 3.39. The summed E-state index contributed by atoms with van der Waals surface area (Å²) in [6.07, 6.45) is 2.02. The highest BCUT2D eigenvalue weighted by atomic mass is 79.9. The average molecular weight is 301 g/mol. The van der Waals surface area contributed by atoms with E-state index in [1.54, 1.807) is 0 Å². The van der Waals surface area contributed by atoms with Crippen molar-refractivity contribution in [1.82, 2.24) is 9.78 Å². The lowest BCUT2D eigenvalue weighted by molar-refractivity contribution is -0.119. The molecule has 0 unspecified atom stereocenters. The lowest BCUT2D eigenvalue weighted by Crippen LogP contribution is -2.11. The molecule has 0 saturated carbocycles. The van der Waals surface area contributed by atoms with Crippen molar-refractivity contribution in [2.75, 3.05) is 0 Å². The first kappa shape index (κ1) is 14.4. The van der Waals surface area contributed by atoms with Crippen molar-refractivity contribution >= 4 is 21.7 Å². The summed E-state index contributed by atoms with van der Waals surface area (Å²) < 4.78 is 2.94. The number of halogens is 1. The molecule has 0 aliphatic carbocycles. The SMILES string of the molecule is CCc1nn(CC)c(CC(=O)CC(C)C)c1Br. The van der Waals surface area contributed by atoms with Gasteiger partial charge in [-0.3, -0.25) is 9.48 Å². The van der Waals surface area contributed by atoms with Crippen molar-refractivity contribution in [3.8, 4) is 0 Å². The van der Waals surface area contributed by atoms with Crippen molar-refractivity contribution in [3.05, 3.63) is 15.9 Å². The Balaban J connectivity index is 2.89. The van der Waals surface area contributed by atoms with Gasteiger partial charge < -0.3 is 0 Å². The fourth-order valence-corrected chi connectivity index (χ4v) is 2.60. The van der Waals surface area contributed by atoms with E-state index in [2.05, 4.69) is 48.7 Å². The Morgan fingerprint density at radius 2 is 2.06 bits per heavy atom. The molecule has 1 heterocycles. The van der Waals surface area contributed by atoms with Gasteiger partial charge in [-0.2, -0.15) is 5.10 Å². The molecule has 0 aliphatic heterocycles. The zero-order valence-corrected chi connectivity index (χ0v) is 12.7. The van der Waals surface area contributed by atoms with Gasteiger partial charge in [0.2, 0.25) is 0 Å². The summed E-state index contributed by atoms with van der Waals surface area (Å²) >= 11 is 3.56. The fourth-order valence-electron chi connectivity index (χ4n) is 1.90. The van der Waals surface area contributed by atoms with E-state index < -0.39 is 0 Å². The minimum atomic E-state index is 0.290. The van der Waals surface area contributed by atoms with Gasteiger partial charge in [0.25, 0.3) is 0 Å². The third kappa shape index (κ3) is 3.66. The second-order valence-corrected chi connectivity index (χ2v) is 5.48. The Morgan fingerprint density at radius 3 is 2.53 bits per heavy atom. The molecule has 1 aromatic rings. The molecule has 0 atom stereocenters. The summed E-state index contributed by atoms with van der Waals surface area (Å²) in [4.78, 5) is 11.9. The van der Waals surface area contributed by atoms with Gasteiger partial charge in [-0.25, -0.2) is 0 Å². The lowest BCUT2D eigenvalue weighted by atomic mass is 10.0. The first-order valence-corrected chi connectivity index (χ1v) is 7.04. The summed E-state index contributed by atoms with van der Waals surface area (Å²) in [7, 11) is 0. The first-order chi connectivity index (χ1) is 7.99. The number of nitrogens with zero attached hydrogens (tertiary/aromatic N) is 2. The highest BCUT2D eigenvalue weighted by Crippen LogP contribution is 2.23. The molecule has 0 radical (unpaired) electrons. The number of ketones is 1. The number of rotatable bonds is 6. The van der Waals surface area contributed by atoms with Gasteiger partial charge in [-0.1, -0.05) is 20.8 Å². The van der Waals surface area contributed by atoms with E-state index >= 15 is 0 Å². The third-order valence-electron chi connectivity index (χ3n) is 2.69. The van der Waals surface area contributed by atoms with E-state index in [4.69, 9.17) is 0 Å². The molecule has 1 aromatic heterocycles. The molecule has 96 valence electrons. The molecule has 0 saturated heterocycles. The van der Waals surface area contributed by atoms with E-state index in [0.717, 1.165) is 28.8 Å². The fraction of sp³-hybridized carbons (Fsp3) is 0.692. The van der Waals surface area contributed by atoms with E-state index in [0.29, 0.717) is 18.8 Å². The zero-order valence-electron chi connectivity index (χ0n) is 11.1. The monoisotopic (exact) mass is 300 g/mol. The molecule has 0 bridgehead atoms. The lowest BCUT2D eigenvalue weighted by Gasteiger charge is -2.06. The maximum absolute atomic E-state index is 11.9. The average Bonchev–Trinajstić information content (AvgIpc) is 2.55. The van der Waals surface area contributed by atoms with E-state index in [-0.39, 0.29) is 5.78 Å². The van der Waals surface area contributed by atoms with Gasteiger partial charge in [0, 0.05) is 19.4 Å². The molecule has 3 nitrogen and oxygen atoms in total. The maximum Gasteiger partial charge on any atom is 0.139 e. The van der Waals surface area contributed by atoms with Crippen LogP contribution in [0.4, 0.5) is 0 Å². The standard InChI is InChI=1S/C13H21BrN2O/c1-5-11-13(14)12(16(6-2)15-11)8-10(17)7-9(3)4/h9H,5-8H2,1-4H3. The van der Waals surface area contributed by atoms with Crippen molar-refractivity contribution in [1.29, 1.82) is 0 Å². The van der Waals surface area contributed by atoms with Gasteiger partial charge in [-0.15, -0.1) is 0 Å². The number of hydrogen-bond acceptors (Lipinski definition) is 2. The topological polar surface area (TPSA) is 34.9 Å². The van der Waals surface area contributed by atoms with Gasteiger partial charge in [0.15, 0.2) is 0 Å². The van der Waals surface area contributed by atoms with Crippen LogP contribution in [0.5, 0.6) is 0 Å². The molecular weight excluding hydrogens is 280 g/mol. The van der Waals surface area contributed by atoms with Gasteiger partial charge in [0.05, 0.1) is 15.9 Å². The van der Waals surface area contributed by atoms with Crippen LogP contribution >= 0.6 is 15.9 Å². The molecule has 1 rings (SSSR count). The van der Waals surface area contributed by atoms with Crippen LogP contribution < -0.4 is 0 Å². The highest BCUT2D eigenvalue weighted by Gasteiger charge is 2.17. The van der Waals surface area contributed by atoms with Crippen LogP contribution in [0, 0.1) is 5.92 Å². The minimum Gasteiger partial charge on any atom is -0.299 e. The second kappa shape index (κ2) is 6.34. The Labute approximate surface area is 112 Å². The molecule has 0 fully saturated rings. The molecule has 17 heavy (non-hydrogen) atoms. The number of hydrogen-bond donors (Lipinski definition) is 0. The predicted molar refractivity (Wildman–Crippen MR) is 73.1 cm³/mol. The Kier molecular flexibility index (Phi) is 5.37. The second-order valence-electron chi connectivity index (χ2n) is 4.69. The minimum absolute atomic E-state index is 0.290. The van der Waals surface area contributed by atoms with E-state index in [1.165, 1.54) is 0 Å². The number of aromatic nitrogens is 2. The van der Waals surface area contributed by atoms with Crippen LogP contribution in [0.15, 0.2) is 4.47 Å². The largest absolute Gasteiger partial charge is 0.299 e. The van der Waals surface area contributed by atoms with Crippen LogP contribution in [-0.2, 0) is 24.2 Å². The molecule has 0 N–H and O–H groups in total. The van der Waals surface area contributed by atoms with Crippen LogP contribution in [0.3, 0.4) is 0 Å². The molecule has 0 amide bonds. The Morgan fingerprint density at radius 1 is 1.41 bits per heavy atom. The number of Topliss-reactive ketones (excluding diaryl/α,β-unsaturated/α-hetero) is 1. The van der Waals surface area contributed by atoms with E-state index in [1.807, 2.05) is 4.68 Å². The van der Waals surface area contributed by atoms with Crippen LogP contribution in [0.25, 0.3) is 0 Å². The summed E-state index contributed by atoms with van der Waals surface area (Å²) in [5.41, 5.74) is 2.06. The summed E-state index contributed by atoms with van der Waals surface area (Å²) in [5.74, 6) is 0.711. The summed E-state index contributed by atoms with van der Waals surface area (Å²) in [6, 6.07) is 0. The van der Waals surface area contributed by atoms with Gasteiger partial charge in [0.1, 0.15) is 5.78 Å². The molecular formula is C13H21BrN2O. The quantitative estimate of drug-likeness (QED) is 0.807. The van der Waals surface area contributed by atoms with Crippen LogP contribution in [-0.4, -0.2) is 15.6 Å². The van der Waals surface area contributed by atoms with Crippen LogP contribution in [0.1, 0.15) is 45.5 Å². The Bertz CT molecular complexity index is 396. The van der Waals surface area contributed by atoms with Crippen molar-refractivity contribution in [3.63, 3.8) is 0 Å². The normalized spacial score (nSPS) is 11.2. The van der Waals surface area contributed by atoms with Gasteiger partial charge >= 0.3 is 0 Å². The third-order valence-corrected chi connectivity index (χ3v) is 3.61. The highest BCUT2D eigenvalue weighted by molar-refractivity contribution is 9.10. The molecule has 0 aliphatic rings. The number of carbonyl (C=O) groups is 1. The maximum atomic E-state index is 11.9. The zero-order chi connectivity index (χ0) is 13.0. The summed E-state index contributed by atoms with van der Waals surface area (Å²) in [5, 5.41) is 4.50. The summed E-state index contributed by atoms with van der Waals surface area (Å²) in [6.45, 7) is 9.08. The smallest absolute Gasteiger partial charge is 0.139 e. The van der Waals surface area contributed by atoms with Crippen molar-refractivity contribution < 1.29 is 4.79 Å². The molecule has 4 heteroatoms. The Hall–Kier alpha value is -0.640. The first-order valence-electron chi connectivity index (χ1n) is 6.25. The molecule has 0 aromatic carbocycles.